The van der Waals surface area contributed by atoms with Gasteiger partial charge in [-0.1, -0.05) is 42.5 Å². The molecule has 0 bridgehead atoms. The molecule has 28 heavy (non-hydrogen) atoms. The summed E-state index contributed by atoms with van der Waals surface area (Å²) in [6, 6.07) is 17.2. The molecule has 2 heterocycles. The molecular weight excluding hydrogens is 370 g/mol. The molecule has 6 heteroatoms. The Morgan fingerprint density at radius 3 is 2.68 bits per heavy atom. The number of H-pyrrole nitrogens is 1. The highest BCUT2D eigenvalue weighted by molar-refractivity contribution is 7.09. The number of thiazole rings is 1. The number of pyridine rings is 1. The Hall–Kier alpha value is -3.25. The number of nitrogens with one attached hydrogen (secondary N) is 2. The largest absolute Gasteiger partial charge is 0.352 e. The Balaban J connectivity index is 1.39. The molecule has 5 nitrogen and oxygen atoms in total. The molecule has 4 rings (SSSR count). The van der Waals surface area contributed by atoms with Crippen LogP contribution in [0.2, 0.25) is 0 Å². The Bertz CT molecular complexity index is 1190. The van der Waals surface area contributed by atoms with Crippen molar-refractivity contribution in [1.82, 2.24) is 15.3 Å². The van der Waals surface area contributed by atoms with E-state index in [1.165, 1.54) is 0 Å². The smallest absolute Gasteiger partial charge is 0.261 e. The molecule has 0 aliphatic heterocycles. The number of benzene rings is 2. The van der Waals surface area contributed by atoms with Crippen LogP contribution in [0.15, 0.2) is 64.8 Å². The van der Waals surface area contributed by atoms with Gasteiger partial charge in [-0.25, -0.2) is 4.98 Å². The van der Waals surface area contributed by atoms with E-state index in [1.54, 1.807) is 17.4 Å². The first-order valence-corrected chi connectivity index (χ1v) is 9.90. The molecule has 0 aliphatic rings. The van der Waals surface area contributed by atoms with Gasteiger partial charge >= 0.3 is 0 Å². The Kier molecular flexibility index (Phi) is 5.04. The summed E-state index contributed by atoms with van der Waals surface area (Å²) in [6.07, 6.45) is 0.688. The van der Waals surface area contributed by atoms with Gasteiger partial charge in [-0.15, -0.1) is 11.3 Å². The number of carbonyl (C=O) groups is 1. The number of hydrogen-bond acceptors (Lipinski definition) is 4. The lowest BCUT2D eigenvalue weighted by Crippen LogP contribution is -2.31. The van der Waals surface area contributed by atoms with Crippen molar-refractivity contribution < 1.29 is 4.79 Å². The number of amides is 1. The van der Waals surface area contributed by atoms with Crippen LogP contribution in [0.25, 0.3) is 22.2 Å². The second kappa shape index (κ2) is 7.78. The summed E-state index contributed by atoms with van der Waals surface area (Å²) in [5, 5.41) is 6.76. The second-order valence-electron chi connectivity index (χ2n) is 6.55. The number of nitrogens with zero attached hydrogens (tertiary/aromatic N) is 1. The molecule has 0 saturated heterocycles. The summed E-state index contributed by atoms with van der Waals surface area (Å²) < 4.78 is 0. The van der Waals surface area contributed by atoms with Gasteiger partial charge in [-0.2, -0.15) is 0 Å². The number of aromatic amines is 1. The first-order chi connectivity index (χ1) is 13.6. The summed E-state index contributed by atoms with van der Waals surface area (Å²) in [5.41, 5.74) is 3.66. The lowest BCUT2D eigenvalue weighted by Gasteiger charge is -2.07. The molecule has 0 spiro atoms. The predicted molar refractivity (Wildman–Crippen MR) is 113 cm³/mol. The van der Waals surface area contributed by atoms with Gasteiger partial charge < -0.3 is 10.3 Å². The minimum Gasteiger partial charge on any atom is -0.352 e. The van der Waals surface area contributed by atoms with Crippen LogP contribution in [-0.4, -0.2) is 22.4 Å². The van der Waals surface area contributed by atoms with Crippen LogP contribution < -0.4 is 10.9 Å². The number of aromatic nitrogens is 2. The number of hydrogen-bond donors (Lipinski definition) is 2. The summed E-state index contributed by atoms with van der Waals surface area (Å²) in [4.78, 5) is 31.8. The summed E-state index contributed by atoms with van der Waals surface area (Å²) in [5.74, 6) is -0.360. The highest BCUT2D eigenvalue weighted by Crippen LogP contribution is 2.21. The maximum Gasteiger partial charge on any atom is 0.261 e. The fraction of sp³-hybridized carbons (Fsp3) is 0.136. The minimum atomic E-state index is -0.376. The summed E-state index contributed by atoms with van der Waals surface area (Å²) in [7, 11) is 0. The van der Waals surface area contributed by atoms with E-state index in [2.05, 4.69) is 15.3 Å². The van der Waals surface area contributed by atoms with Crippen molar-refractivity contribution in [2.45, 2.75) is 13.3 Å². The molecule has 1 amide bonds. The van der Waals surface area contributed by atoms with Gasteiger partial charge in [0.15, 0.2) is 0 Å². The van der Waals surface area contributed by atoms with Crippen molar-refractivity contribution in [3.05, 3.63) is 86.5 Å². The predicted octanol–water partition coefficient (Wildman–Crippen LogP) is 3.93. The zero-order valence-electron chi connectivity index (χ0n) is 15.4. The van der Waals surface area contributed by atoms with Crippen molar-refractivity contribution in [3.8, 4) is 11.3 Å². The third-order valence-corrected chi connectivity index (χ3v) is 5.34. The first-order valence-electron chi connectivity index (χ1n) is 9.02. The van der Waals surface area contributed by atoms with Crippen LogP contribution >= 0.6 is 11.3 Å². The lowest BCUT2D eigenvalue weighted by atomic mass is 10.1. The normalized spacial score (nSPS) is 10.9. The highest BCUT2D eigenvalue weighted by atomic mass is 32.1. The lowest BCUT2D eigenvalue weighted by molar-refractivity contribution is 0.0953. The zero-order chi connectivity index (χ0) is 19.5. The molecule has 0 unspecified atom stereocenters. The second-order valence-corrected chi connectivity index (χ2v) is 7.62. The van der Waals surface area contributed by atoms with Gasteiger partial charge in [0.05, 0.1) is 10.7 Å². The Morgan fingerprint density at radius 2 is 1.93 bits per heavy atom. The van der Waals surface area contributed by atoms with Gasteiger partial charge in [0.1, 0.15) is 5.56 Å². The molecule has 0 fully saturated rings. The first kappa shape index (κ1) is 18.1. The van der Waals surface area contributed by atoms with Crippen LogP contribution in [-0.2, 0) is 6.42 Å². The van der Waals surface area contributed by atoms with E-state index in [9.17, 15) is 9.59 Å². The molecule has 4 aromatic rings. The maximum atomic E-state index is 12.4. The van der Waals surface area contributed by atoms with Gasteiger partial charge in [0, 0.05) is 23.0 Å². The minimum absolute atomic E-state index is 0.132. The summed E-state index contributed by atoms with van der Waals surface area (Å²) in [6.45, 7) is 2.45. The third-order valence-electron chi connectivity index (χ3n) is 4.57. The molecule has 0 saturated carbocycles. The average molecular weight is 389 g/mol. The van der Waals surface area contributed by atoms with E-state index in [0.29, 0.717) is 13.0 Å². The molecule has 2 N–H and O–H groups in total. The number of rotatable bonds is 5. The third kappa shape index (κ3) is 3.87. The van der Waals surface area contributed by atoms with Crippen LogP contribution in [0, 0.1) is 6.92 Å². The van der Waals surface area contributed by atoms with E-state index >= 15 is 0 Å². The van der Waals surface area contributed by atoms with Crippen molar-refractivity contribution in [3.63, 3.8) is 0 Å². The van der Waals surface area contributed by atoms with E-state index < -0.39 is 0 Å². The van der Waals surface area contributed by atoms with E-state index in [-0.39, 0.29) is 17.0 Å². The Labute approximate surface area is 166 Å². The van der Waals surface area contributed by atoms with Crippen LogP contribution in [0.5, 0.6) is 0 Å². The van der Waals surface area contributed by atoms with E-state index in [1.807, 2.05) is 60.8 Å². The van der Waals surface area contributed by atoms with Crippen molar-refractivity contribution in [2.75, 3.05) is 6.54 Å². The molecular formula is C22H19N3O2S. The standard InChI is InChI=1S/C22H19N3O2S/c1-14-24-20(13-28-14)16-8-6-15(7-9-16)10-11-23-21(26)18-12-17-4-2-3-5-19(17)25-22(18)27/h2-9,12-13H,10-11H2,1H3,(H,23,26)(H,25,27). The SMILES string of the molecule is Cc1nc(-c2ccc(CCNC(=O)c3cc4ccccc4[nH]c3=O)cc2)cs1. The monoisotopic (exact) mass is 389 g/mol. The van der Waals surface area contributed by atoms with E-state index in [0.717, 1.165) is 32.7 Å². The number of fused-ring (bicyclic) bond motifs is 1. The molecule has 140 valence electrons. The maximum absolute atomic E-state index is 12.4. The van der Waals surface area contributed by atoms with Gasteiger partial charge in [-0.05, 0) is 36.4 Å². The fourth-order valence-corrected chi connectivity index (χ4v) is 3.69. The molecule has 2 aromatic heterocycles. The van der Waals surface area contributed by atoms with E-state index in [4.69, 9.17) is 0 Å². The van der Waals surface area contributed by atoms with Gasteiger partial charge in [0.25, 0.3) is 11.5 Å². The van der Waals surface area contributed by atoms with Crippen LogP contribution in [0.4, 0.5) is 0 Å². The van der Waals surface area contributed by atoms with Crippen molar-refractivity contribution in [1.29, 1.82) is 0 Å². The summed E-state index contributed by atoms with van der Waals surface area (Å²) >= 11 is 1.63. The highest BCUT2D eigenvalue weighted by Gasteiger charge is 2.11. The van der Waals surface area contributed by atoms with Gasteiger partial charge in [-0.3, -0.25) is 9.59 Å². The molecule has 0 atom stereocenters. The number of carbonyl (C=O) groups excluding carboxylic acids is 1. The average Bonchev–Trinajstić information content (AvgIpc) is 3.14. The van der Waals surface area contributed by atoms with Crippen molar-refractivity contribution in [2.24, 2.45) is 0 Å². The van der Waals surface area contributed by atoms with Crippen LogP contribution in [0.1, 0.15) is 20.9 Å². The van der Waals surface area contributed by atoms with Crippen LogP contribution in [0.3, 0.4) is 0 Å². The molecule has 0 radical (unpaired) electrons. The fourth-order valence-electron chi connectivity index (χ4n) is 3.07. The quantitative estimate of drug-likeness (QED) is 0.543. The number of aryl methyl sites for hydroxylation is 1. The van der Waals surface area contributed by atoms with Crippen molar-refractivity contribution >= 4 is 28.1 Å². The Morgan fingerprint density at radius 1 is 1.14 bits per heavy atom. The van der Waals surface area contributed by atoms with Gasteiger partial charge in [0.2, 0.25) is 0 Å². The topological polar surface area (TPSA) is 74.8 Å². The molecule has 0 aliphatic carbocycles. The number of para-hydroxylation sites is 1. The molecule has 2 aromatic carbocycles. The zero-order valence-corrected chi connectivity index (χ0v) is 16.2.